The summed E-state index contributed by atoms with van der Waals surface area (Å²) in [7, 11) is 0. The topological polar surface area (TPSA) is 73.1 Å². The van der Waals surface area contributed by atoms with Crippen LogP contribution in [-0.4, -0.2) is 16.0 Å². The second kappa shape index (κ2) is 4.51. The Morgan fingerprint density at radius 1 is 1.32 bits per heavy atom. The van der Waals surface area contributed by atoms with Crippen molar-refractivity contribution in [3.8, 4) is 17.0 Å². The maximum Gasteiger partial charge on any atom is 0.220 e. The second-order valence-electron chi connectivity index (χ2n) is 4.85. The lowest BCUT2D eigenvalue weighted by Gasteiger charge is -2.29. The van der Waals surface area contributed by atoms with Crippen LogP contribution in [0.15, 0.2) is 30.5 Å². The molecular formula is C14H16N4O. The Morgan fingerprint density at radius 3 is 2.89 bits per heavy atom. The first kappa shape index (κ1) is 11.9. The Bertz CT molecular complexity index is 612. The van der Waals surface area contributed by atoms with Crippen molar-refractivity contribution < 1.29 is 4.74 Å². The zero-order valence-electron chi connectivity index (χ0n) is 10.9. The number of para-hydroxylation sites is 1. The van der Waals surface area contributed by atoms with Gasteiger partial charge in [0.05, 0.1) is 11.3 Å². The fourth-order valence-electron chi connectivity index (χ4n) is 2.19. The average Bonchev–Trinajstić information content (AvgIpc) is 2.38. The second-order valence-corrected chi connectivity index (χ2v) is 4.85. The Kier molecular flexibility index (Phi) is 2.83. The number of nitrogen functional groups attached to an aromatic ring is 1. The number of nitrogens with one attached hydrogen (secondary N) is 1. The average molecular weight is 256 g/mol. The lowest BCUT2D eigenvalue weighted by Crippen LogP contribution is -2.34. The molecule has 3 rings (SSSR count). The van der Waals surface area contributed by atoms with Crippen molar-refractivity contribution in [1.29, 1.82) is 0 Å². The van der Waals surface area contributed by atoms with E-state index in [2.05, 4.69) is 29.1 Å². The maximum atomic E-state index is 5.98. The van der Waals surface area contributed by atoms with Crippen LogP contribution in [0, 0.1) is 0 Å². The molecule has 0 saturated heterocycles. The van der Waals surface area contributed by atoms with Crippen LogP contribution in [0.25, 0.3) is 11.3 Å². The van der Waals surface area contributed by atoms with Crippen LogP contribution >= 0.6 is 0 Å². The number of hydrogen-bond acceptors (Lipinski definition) is 5. The molecule has 1 aliphatic rings. The minimum absolute atomic E-state index is 0.245. The van der Waals surface area contributed by atoms with Gasteiger partial charge in [-0.05, 0) is 26.0 Å². The van der Waals surface area contributed by atoms with Crippen LogP contribution in [0.2, 0.25) is 0 Å². The van der Waals surface area contributed by atoms with Crippen LogP contribution in [-0.2, 0) is 0 Å². The molecule has 2 heterocycles. The Labute approximate surface area is 111 Å². The summed E-state index contributed by atoms with van der Waals surface area (Å²) < 4.78 is 5.98. The summed E-state index contributed by atoms with van der Waals surface area (Å²) in [6.07, 6.45) is 1.48. The van der Waals surface area contributed by atoms with E-state index < -0.39 is 0 Å². The summed E-state index contributed by atoms with van der Waals surface area (Å²) >= 11 is 0. The standard InChI is InChI=1S/C14H16N4O/c1-8(2)17-13-10-7-16-14(15)18-12(10)9-5-3-4-6-11(9)19-13/h3-8,13,17H,1-2H3,(H2,15,16,18). The van der Waals surface area contributed by atoms with Crippen molar-refractivity contribution in [3.63, 3.8) is 0 Å². The molecule has 0 aliphatic carbocycles. The van der Waals surface area contributed by atoms with Crippen molar-refractivity contribution in [2.45, 2.75) is 26.1 Å². The molecule has 1 unspecified atom stereocenters. The molecule has 0 fully saturated rings. The predicted octanol–water partition coefficient (Wildman–Crippen LogP) is 2.11. The van der Waals surface area contributed by atoms with Crippen molar-refractivity contribution >= 4 is 5.95 Å². The minimum atomic E-state index is -0.245. The number of anilines is 1. The van der Waals surface area contributed by atoms with Crippen LogP contribution in [0.5, 0.6) is 5.75 Å². The molecule has 0 bridgehead atoms. The van der Waals surface area contributed by atoms with Gasteiger partial charge in [0.1, 0.15) is 5.75 Å². The molecule has 2 aromatic rings. The molecule has 1 atom stereocenters. The number of fused-ring (bicyclic) bond motifs is 3. The van der Waals surface area contributed by atoms with Gasteiger partial charge in [-0.2, -0.15) is 0 Å². The summed E-state index contributed by atoms with van der Waals surface area (Å²) in [4.78, 5) is 8.43. The third-order valence-electron chi connectivity index (χ3n) is 2.99. The summed E-state index contributed by atoms with van der Waals surface area (Å²) in [6.45, 7) is 4.14. The number of aromatic nitrogens is 2. The summed E-state index contributed by atoms with van der Waals surface area (Å²) in [6, 6.07) is 8.11. The number of nitrogens with zero attached hydrogens (tertiary/aromatic N) is 2. The van der Waals surface area contributed by atoms with Gasteiger partial charge in [-0.1, -0.05) is 12.1 Å². The van der Waals surface area contributed by atoms with Gasteiger partial charge < -0.3 is 10.5 Å². The Balaban J connectivity index is 2.14. The zero-order chi connectivity index (χ0) is 13.4. The quantitative estimate of drug-likeness (QED) is 0.861. The van der Waals surface area contributed by atoms with E-state index in [0.717, 1.165) is 22.6 Å². The zero-order valence-corrected chi connectivity index (χ0v) is 10.9. The molecule has 0 amide bonds. The van der Waals surface area contributed by atoms with E-state index in [9.17, 15) is 0 Å². The lowest BCUT2D eigenvalue weighted by atomic mass is 10.0. The van der Waals surface area contributed by atoms with Crippen LogP contribution < -0.4 is 15.8 Å². The highest BCUT2D eigenvalue weighted by Crippen LogP contribution is 2.40. The van der Waals surface area contributed by atoms with Gasteiger partial charge in [-0.25, -0.2) is 9.97 Å². The monoisotopic (exact) mass is 256 g/mol. The highest BCUT2D eigenvalue weighted by Gasteiger charge is 2.27. The first-order valence-corrected chi connectivity index (χ1v) is 6.29. The van der Waals surface area contributed by atoms with Gasteiger partial charge in [0, 0.05) is 17.8 Å². The van der Waals surface area contributed by atoms with E-state index in [1.165, 1.54) is 0 Å². The van der Waals surface area contributed by atoms with Crippen LogP contribution in [0.4, 0.5) is 5.95 Å². The first-order valence-electron chi connectivity index (χ1n) is 6.29. The normalized spacial score (nSPS) is 16.7. The van der Waals surface area contributed by atoms with E-state index in [0.29, 0.717) is 6.04 Å². The van der Waals surface area contributed by atoms with E-state index in [1.54, 1.807) is 6.20 Å². The summed E-state index contributed by atoms with van der Waals surface area (Å²) in [5.41, 5.74) is 8.41. The highest BCUT2D eigenvalue weighted by atomic mass is 16.5. The number of ether oxygens (including phenoxy) is 1. The SMILES string of the molecule is CC(C)NC1Oc2ccccc2-c2nc(N)ncc21. The van der Waals surface area contributed by atoms with Gasteiger partial charge in [-0.15, -0.1) is 0 Å². The number of nitrogens with two attached hydrogens (primary N) is 1. The molecule has 1 aromatic carbocycles. The minimum Gasteiger partial charge on any atom is -0.470 e. The fourth-order valence-corrected chi connectivity index (χ4v) is 2.19. The van der Waals surface area contributed by atoms with Crippen molar-refractivity contribution in [2.75, 3.05) is 5.73 Å². The van der Waals surface area contributed by atoms with Crippen molar-refractivity contribution in [3.05, 3.63) is 36.0 Å². The van der Waals surface area contributed by atoms with Gasteiger partial charge in [0.2, 0.25) is 5.95 Å². The molecular weight excluding hydrogens is 240 g/mol. The molecule has 19 heavy (non-hydrogen) atoms. The Hall–Kier alpha value is -2.14. The maximum absolute atomic E-state index is 5.98. The molecule has 5 nitrogen and oxygen atoms in total. The van der Waals surface area contributed by atoms with Crippen molar-refractivity contribution in [2.24, 2.45) is 0 Å². The summed E-state index contributed by atoms with van der Waals surface area (Å²) in [5, 5.41) is 3.36. The van der Waals surface area contributed by atoms with Gasteiger partial charge in [-0.3, -0.25) is 5.32 Å². The first-order chi connectivity index (χ1) is 9.15. The van der Waals surface area contributed by atoms with E-state index >= 15 is 0 Å². The predicted molar refractivity (Wildman–Crippen MR) is 73.5 cm³/mol. The number of rotatable bonds is 2. The van der Waals surface area contributed by atoms with E-state index in [1.807, 2.05) is 24.3 Å². The fraction of sp³-hybridized carbons (Fsp3) is 0.286. The Morgan fingerprint density at radius 2 is 2.11 bits per heavy atom. The highest BCUT2D eigenvalue weighted by molar-refractivity contribution is 5.72. The smallest absolute Gasteiger partial charge is 0.220 e. The molecule has 1 aliphatic heterocycles. The molecule has 0 radical (unpaired) electrons. The van der Waals surface area contributed by atoms with Gasteiger partial charge >= 0.3 is 0 Å². The third-order valence-corrected chi connectivity index (χ3v) is 2.99. The number of benzene rings is 1. The molecule has 0 saturated carbocycles. The molecule has 3 N–H and O–H groups in total. The summed E-state index contributed by atoms with van der Waals surface area (Å²) in [5.74, 6) is 1.09. The van der Waals surface area contributed by atoms with Gasteiger partial charge in [0.25, 0.3) is 0 Å². The molecule has 5 heteroatoms. The largest absolute Gasteiger partial charge is 0.470 e. The molecule has 0 spiro atoms. The molecule has 98 valence electrons. The van der Waals surface area contributed by atoms with Crippen LogP contribution in [0.1, 0.15) is 25.6 Å². The molecule has 1 aromatic heterocycles. The van der Waals surface area contributed by atoms with Crippen molar-refractivity contribution in [1.82, 2.24) is 15.3 Å². The van der Waals surface area contributed by atoms with Gasteiger partial charge in [0.15, 0.2) is 6.23 Å². The lowest BCUT2D eigenvalue weighted by molar-refractivity contribution is 0.151. The van der Waals surface area contributed by atoms with E-state index in [-0.39, 0.29) is 12.2 Å². The van der Waals surface area contributed by atoms with E-state index in [4.69, 9.17) is 10.5 Å². The number of hydrogen-bond donors (Lipinski definition) is 2. The third kappa shape index (κ3) is 2.13. The van der Waals surface area contributed by atoms with Crippen LogP contribution in [0.3, 0.4) is 0 Å².